The van der Waals surface area contributed by atoms with Crippen LogP contribution in [-0.4, -0.2) is 35.8 Å². The standard InChI is InChI=1S/C21H24N2O4/c24-21(25)16-7-5-8-17(15-16)26-14-4-3-12-22-13-6-11-20-23-18-9-1-2-10-19(18)27-20/h1-2,5,7-10,15,22H,3-4,6,11-14H2,(H,24,25). The molecule has 6 heteroatoms. The maximum Gasteiger partial charge on any atom is 0.335 e. The maximum atomic E-state index is 10.9. The third kappa shape index (κ3) is 5.82. The minimum absolute atomic E-state index is 0.244. The maximum absolute atomic E-state index is 10.9. The number of carbonyl (C=O) groups is 1. The number of nitrogens with zero attached hydrogens (tertiary/aromatic N) is 1. The van der Waals surface area contributed by atoms with Gasteiger partial charge in [-0.25, -0.2) is 9.78 Å². The van der Waals surface area contributed by atoms with Crippen molar-refractivity contribution in [2.75, 3.05) is 19.7 Å². The molecule has 0 saturated carbocycles. The summed E-state index contributed by atoms with van der Waals surface area (Å²) in [5.74, 6) is 0.443. The van der Waals surface area contributed by atoms with Crippen LogP contribution >= 0.6 is 0 Å². The number of para-hydroxylation sites is 2. The number of nitrogens with one attached hydrogen (secondary N) is 1. The number of benzene rings is 2. The average Bonchev–Trinajstić information content (AvgIpc) is 3.09. The smallest absolute Gasteiger partial charge is 0.335 e. The molecular weight excluding hydrogens is 344 g/mol. The lowest BCUT2D eigenvalue weighted by Crippen LogP contribution is -2.17. The third-order valence-corrected chi connectivity index (χ3v) is 4.18. The van der Waals surface area contributed by atoms with Crippen LogP contribution in [0, 0.1) is 0 Å². The van der Waals surface area contributed by atoms with Crippen molar-refractivity contribution in [1.29, 1.82) is 0 Å². The normalized spacial score (nSPS) is 11.0. The number of fused-ring (bicyclic) bond motifs is 1. The average molecular weight is 368 g/mol. The Labute approximate surface area is 158 Å². The number of aromatic nitrogens is 1. The Bertz CT molecular complexity index is 842. The molecule has 27 heavy (non-hydrogen) atoms. The predicted octanol–water partition coefficient (Wildman–Crippen LogP) is 3.91. The number of ether oxygens (including phenoxy) is 1. The van der Waals surface area contributed by atoms with E-state index in [2.05, 4.69) is 10.3 Å². The molecule has 0 unspecified atom stereocenters. The van der Waals surface area contributed by atoms with E-state index < -0.39 is 5.97 Å². The molecule has 0 aliphatic carbocycles. The number of hydrogen-bond donors (Lipinski definition) is 2. The van der Waals surface area contributed by atoms with E-state index in [1.165, 1.54) is 0 Å². The van der Waals surface area contributed by atoms with Gasteiger partial charge in [0.1, 0.15) is 11.3 Å². The van der Waals surface area contributed by atoms with Gasteiger partial charge in [-0.1, -0.05) is 18.2 Å². The van der Waals surface area contributed by atoms with Gasteiger partial charge in [0, 0.05) is 6.42 Å². The molecule has 0 radical (unpaired) electrons. The largest absolute Gasteiger partial charge is 0.494 e. The van der Waals surface area contributed by atoms with Gasteiger partial charge >= 0.3 is 5.97 Å². The van der Waals surface area contributed by atoms with Gasteiger partial charge < -0.3 is 19.6 Å². The van der Waals surface area contributed by atoms with E-state index >= 15 is 0 Å². The summed E-state index contributed by atoms with van der Waals surface area (Å²) < 4.78 is 11.3. The van der Waals surface area contributed by atoms with Crippen LogP contribution in [-0.2, 0) is 6.42 Å². The molecule has 0 aliphatic heterocycles. The van der Waals surface area contributed by atoms with Gasteiger partial charge in [-0.05, 0) is 62.7 Å². The van der Waals surface area contributed by atoms with Gasteiger partial charge in [-0.15, -0.1) is 0 Å². The Morgan fingerprint density at radius 3 is 2.78 bits per heavy atom. The molecular formula is C21H24N2O4. The monoisotopic (exact) mass is 368 g/mol. The molecule has 0 aliphatic rings. The second kappa shape index (κ2) is 9.73. The molecule has 142 valence electrons. The van der Waals surface area contributed by atoms with Crippen molar-refractivity contribution in [2.45, 2.75) is 25.7 Å². The zero-order valence-corrected chi connectivity index (χ0v) is 15.2. The highest BCUT2D eigenvalue weighted by atomic mass is 16.5. The summed E-state index contributed by atoms with van der Waals surface area (Å²) in [6.45, 7) is 2.42. The first-order valence-electron chi connectivity index (χ1n) is 9.24. The summed E-state index contributed by atoms with van der Waals surface area (Å²) in [7, 11) is 0. The van der Waals surface area contributed by atoms with Crippen LogP contribution in [0.25, 0.3) is 11.1 Å². The van der Waals surface area contributed by atoms with E-state index in [1.54, 1.807) is 24.3 Å². The Morgan fingerprint density at radius 2 is 1.93 bits per heavy atom. The van der Waals surface area contributed by atoms with Gasteiger partial charge in [-0.2, -0.15) is 0 Å². The summed E-state index contributed by atoms with van der Waals surface area (Å²) in [5, 5.41) is 12.4. The number of carboxylic acids is 1. The Kier molecular flexibility index (Phi) is 6.82. The fourth-order valence-corrected chi connectivity index (χ4v) is 2.78. The van der Waals surface area contributed by atoms with E-state index in [1.807, 2.05) is 24.3 Å². The molecule has 6 nitrogen and oxygen atoms in total. The number of carboxylic acid groups (broad SMARTS) is 1. The first kappa shape index (κ1) is 18.9. The molecule has 2 N–H and O–H groups in total. The minimum atomic E-state index is -0.942. The number of aryl methyl sites for hydroxylation is 1. The highest BCUT2D eigenvalue weighted by Crippen LogP contribution is 2.15. The molecule has 0 spiro atoms. The Balaban J connectivity index is 1.23. The van der Waals surface area contributed by atoms with Gasteiger partial charge in [0.05, 0.1) is 12.2 Å². The molecule has 0 amide bonds. The van der Waals surface area contributed by atoms with Gasteiger partial charge in [0.15, 0.2) is 11.5 Å². The van der Waals surface area contributed by atoms with E-state index in [4.69, 9.17) is 14.3 Å². The first-order valence-corrected chi connectivity index (χ1v) is 9.24. The molecule has 2 aromatic carbocycles. The highest BCUT2D eigenvalue weighted by molar-refractivity contribution is 5.88. The van der Waals surface area contributed by atoms with Crippen molar-refractivity contribution < 1.29 is 19.1 Å². The topological polar surface area (TPSA) is 84.6 Å². The van der Waals surface area contributed by atoms with Crippen LogP contribution in [0.5, 0.6) is 5.75 Å². The Morgan fingerprint density at radius 1 is 1.07 bits per heavy atom. The van der Waals surface area contributed by atoms with E-state index in [0.29, 0.717) is 12.4 Å². The second-order valence-corrected chi connectivity index (χ2v) is 6.32. The van der Waals surface area contributed by atoms with Gasteiger partial charge in [0.2, 0.25) is 0 Å². The van der Waals surface area contributed by atoms with Crippen LogP contribution in [0.1, 0.15) is 35.5 Å². The molecule has 1 heterocycles. The summed E-state index contributed by atoms with van der Waals surface area (Å²) in [4.78, 5) is 15.4. The number of hydrogen-bond acceptors (Lipinski definition) is 5. The van der Waals surface area contributed by atoms with Crippen LogP contribution in [0.2, 0.25) is 0 Å². The minimum Gasteiger partial charge on any atom is -0.494 e. The lowest BCUT2D eigenvalue weighted by Gasteiger charge is -2.07. The summed E-state index contributed by atoms with van der Waals surface area (Å²) in [6, 6.07) is 14.4. The van der Waals surface area contributed by atoms with Crippen LogP contribution in [0.15, 0.2) is 52.9 Å². The van der Waals surface area contributed by atoms with Crippen LogP contribution in [0.3, 0.4) is 0 Å². The molecule has 0 bridgehead atoms. The number of rotatable bonds is 11. The van der Waals surface area contributed by atoms with Gasteiger partial charge in [-0.3, -0.25) is 0 Å². The summed E-state index contributed by atoms with van der Waals surface area (Å²) >= 11 is 0. The third-order valence-electron chi connectivity index (χ3n) is 4.18. The molecule has 3 aromatic rings. The molecule has 0 atom stereocenters. The lowest BCUT2D eigenvalue weighted by molar-refractivity contribution is 0.0696. The number of aromatic carboxylic acids is 1. The SMILES string of the molecule is O=C(O)c1cccc(OCCCCNCCCc2nc3ccccc3o2)c1. The van der Waals surface area contributed by atoms with Crippen LogP contribution in [0.4, 0.5) is 0 Å². The van der Waals surface area contributed by atoms with Crippen molar-refractivity contribution in [3.8, 4) is 5.75 Å². The predicted molar refractivity (Wildman–Crippen MR) is 103 cm³/mol. The van der Waals surface area contributed by atoms with Crippen molar-refractivity contribution in [3.63, 3.8) is 0 Å². The van der Waals surface area contributed by atoms with E-state index in [9.17, 15) is 4.79 Å². The summed E-state index contributed by atoms with van der Waals surface area (Å²) in [6.07, 6.45) is 3.72. The first-order chi connectivity index (χ1) is 13.2. The van der Waals surface area contributed by atoms with Crippen molar-refractivity contribution in [3.05, 3.63) is 60.0 Å². The number of oxazole rings is 1. The van der Waals surface area contributed by atoms with Crippen molar-refractivity contribution in [1.82, 2.24) is 10.3 Å². The van der Waals surface area contributed by atoms with Crippen LogP contribution < -0.4 is 10.1 Å². The van der Waals surface area contributed by atoms with Crippen molar-refractivity contribution in [2.24, 2.45) is 0 Å². The Hall–Kier alpha value is -2.86. The second-order valence-electron chi connectivity index (χ2n) is 6.32. The molecule has 3 rings (SSSR count). The van der Waals surface area contributed by atoms with E-state index in [0.717, 1.165) is 55.8 Å². The summed E-state index contributed by atoms with van der Waals surface area (Å²) in [5.41, 5.74) is 2.00. The zero-order chi connectivity index (χ0) is 18.9. The van der Waals surface area contributed by atoms with Gasteiger partial charge in [0.25, 0.3) is 0 Å². The van der Waals surface area contributed by atoms with E-state index in [-0.39, 0.29) is 5.56 Å². The quantitative estimate of drug-likeness (QED) is 0.499. The molecule has 1 aromatic heterocycles. The fourth-order valence-electron chi connectivity index (χ4n) is 2.78. The fraction of sp³-hybridized carbons (Fsp3) is 0.333. The van der Waals surface area contributed by atoms with Crippen molar-refractivity contribution >= 4 is 17.1 Å². The highest BCUT2D eigenvalue weighted by Gasteiger charge is 2.05. The zero-order valence-electron chi connectivity index (χ0n) is 15.2. The number of unbranched alkanes of at least 4 members (excludes halogenated alkanes) is 1. The molecule has 0 fully saturated rings. The molecule has 0 saturated heterocycles. The lowest BCUT2D eigenvalue weighted by atomic mass is 10.2.